The van der Waals surface area contributed by atoms with Crippen LogP contribution in [0.1, 0.15) is 48.5 Å². The van der Waals surface area contributed by atoms with Crippen molar-refractivity contribution in [1.82, 2.24) is 0 Å². The molecule has 13 heteroatoms. The summed E-state index contributed by atoms with van der Waals surface area (Å²) < 4.78 is 20.6. The summed E-state index contributed by atoms with van der Waals surface area (Å²) in [5, 5.41) is 21.9. The molecule has 0 N–H and O–H groups in total. The van der Waals surface area contributed by atoms with Gasteiger partial charge in [0.05, 0.1) is 34.7 Å². The third-order valence-corrected chi connectivity index (χ3v) is 5.30. The maximum absolute atomic E-state index is 12.1. The minimum Gasteiger partial charge on any atom is -0.494 e. The minimum atomic E-state index is -0.864. The molecule has 0 radical (unpaired) electrons. The molecule has 0 aliphatic heterocycles. The summed E-state index contributed by atoms with van der Waals surface area (Å²) in [5.41, 5.74) is -0.346. The molecule has 0 amide bonds. The highest BCUT2D eigenvalue weighted by Crippen LogP contribution is 2.23. The van der Waals surface area contributed by atoms with Gasteiger partial charge < -0.3 is 18.9 Å². The highest BCUT2D eigenvalue weighted by molar-refractivity contribution is 5.91. The van der Waals surface area contributed by atoms with E-state index in [4.69, 9.17) is 18.9 Å². The Kier molecular flexibility index (Phi) is 13.2. The molecule has 0 atom stereocenters. The van der Waals surface area contributed by atoms with Crippen molar-refractivity contribution in [1.29, 1.82) is 0 Å². The zero-order chi connectivity index (χ0) is 30.2. The van der Waals surface area contributed by atoms with E-state index in [0.717, 1.165) is 43.0 Å². The largest absolute Gasteiger partial charge is 0.494 e. The molecule has 218 valence electrons. The van der Waals surface area contributed by atoms with Gasteiger partial charge in [0.15, 0.2) is 0 Å². The van der Waals surface area contributed by atoms with Crippen molar-refractivity contribution < 1.29 is 43.2 Å². The second kappa shape index (κ2) is 16.8. The lowest BCUT2D eigenvalue weighted by atomic mass is 10.1. The molecule has 0 aromatic heterocycles. The highest BCUT2D eigenvalue weighted by atomic mass is 16.6. The molecule has 2 rings (SSSR count). The summed E-state index contributed by atoms with van der Waals surface area (Å²) in [7, 11) is 0. The first-order chi connectivity index (χ1) is 19.6. The van der Waals surface area contributed by atoms with Gasteiger partial charge in [-0.3, -0.25) is 20.2 Å². The van der Waals surface area contributed by atoms with Gasteiger partial charge >= 0.3 is 17.9 Å². The predicted octanol–water partition coefficient (Wildman–Crippen LogP) is 4.97. The van der Waals surface area contributed by atoms with Crippen LogP contribution in [0, 0.1) is 20.2 Å². The molecular weight excluding hydrogens is 540 g/mol. The highest BCUT2D eigenvalue weighted by Gasteiger charge is 2.20. The lowest BCUT2D eigenvalue weighted by molar-refractivity contribution is -0.394. The first-order valence-electron chi connectivity index (χ1n) is 12.6. The van der Waals surface area contributed by atoms with Crippen molar-refractivity contribution in [2.45, 2.75) is 32.6 Å². The molecule has 2 aromatic carbocycles. The van der Waals surface area contributed by atoms with E-state index in [-0.39, 0.29) is 31.0 Å². The Bertz CT molecular complexity index is 1250. The van der Waals surface area contributed by atoms with Crippen LogP contribution >= 0.6 is 0 Å². The number of rotatable bonds is 17. The average Bonchev–Trinajstić information content (AvgIpc) is 2.95. The summed E-state index contributed by atoms with van der Waals surface area (Å²) >= 11 is 0. The first kappa shape index (κ1) is 32.1. The molecule has 0 aliphatic rings. The summed E-state index contributed by atoms with van der Waals surface area (Å²) in [6.07, 6.45) is 5.68. The molecule has 41 heavy (non-hydrogen) atoms. The summed E-state index contributed by atoms with van der Waals surface area (Å²) in [6, 6.07) is 9.74. The Labute approximate surface area is 235 Å². The van der Waals surface area contributed by atoms with Gasteiger partial charge in [-0.2, -0.15) is 0 Å². The first-order valence-corrected chi connectivity index (χ1v) is 12.6. The van der Waals surface area contributed by atoms with Crippen molar-refractivity contribution >= 4 is 35.4 Å². The SMILES string of the molecule is C=C(C)C(=O)OCCOC(=O)/C=C/c1ccc(OCCCCCCOC(=O)c2cc([N+](=O)[O-])cc([N+](=O)[O-])c2)cc1. The number of carbonyl (C=O) groups excluding carboxylic acids is 3. The van der Waals surface area contributed by atoms with E-state index < -0.39 is 39.1 Å². The van der Waals surface area contributed by atoms with Gasteiger partial charge in [-0.15, -0.1) is 0 Å². The van der Waals surface area contributed by atoms with Crippen LogP contribution in [0.5, 0.6) is 5.75 Å². The van der Waals surface area contributed by atoms with Crippen LogP contribution in [-0.2, 0) is 23.8 Å². The van der Waals surface area contributed by atoms with Crippen LogP contribution in [0.2, 0.25) is 0 Å². The number of nitro benzene ring substituents is 2. The molecule has 0 spiro atoms. The van der Waals surface area contributed by atoms with E-state index in [2.05, 4.69) is 6.58 Å². The second-order valence-electron chi connectivity index (χ2n) is 8.64. The van der Waals surface area contributed by atoms with E-state index in [9.17, 15) is 34.6 Å². The summed E-state index contributed by atoms with van der Waals surface area (Å²) in [4.78, 5) is 55.4. The fraction of sp³-hybridized carbons (Fsp3) is 0.321. The number of hydrogen-bond acceptors (Lipinski definition) is 11. The smallest absolute Gasteiger partial charge is 0.338 e. The maximum Gasteiger partial charge on any atom is 0.338 e. The normalized spacial score (nSPS) is 10.6. The number of nitro groups is 2. The predicted molar refractivity (Wildman–Crippen MR) is 146 cm³/mol. The van der Waals surface area contributed by atoms with Crippen LogP contribution in [0.4, 0.5) is 11.4 Å². The van der Waals surface area contributed by atoms with Gasteiger partial charge in [0.2, 0.25) is 0 Å². The van der Waals surface area contributed by atoms with E-state index in [0.29, 0.717) is 18.8 Å². The number of nitrogens with zero attached hydrogens (tertiary/aromatic N) is 2. The topological polar surface area (TPSA) is 174 Å². The Balaban J connectivity index is 1.60. The number of benzene rings is 2. The third-order valence-electron chi connectivity index (χ3n) is 5.30. The molecule has 0 unspecified atom stereocenters. The fourth-order valence-corrected chi connectivity index (χ4v) is 3.21. The number of carbonyl (C=O) groups is 3. The lowest BCUT2D eigenvalue weighted by Crippen LogP contribution is -2.12. The van der Waals surface area contributed by atoms with Crippen molar-refractivity contribution in [3.63, 3.8) is 0 Å². The molecule has 0 fully saturated rings. The van der Waals surface area contributed by atoms with Gasteiger partial charge in [0.1, 0.15) is 19.0 Å². The van der Waals surface area contributed by atoms with Gasteiger partial charge in [0, 0.05) is 23.8 Å². The Hall–Kier alpha value is -5.07. The van der Waals surface area contributed by atoms with E-state index >= 15 is 0 Å². The second-order valence-corrected chi connectivity index (χ2v) is 8.64. The quantitative estimate of drug-likeness (QED) is 0.0626. The standard InChI is InChI=1S/C28H30N2O11/c1-20(2)27(32)41-16-15-39-26(31)12-9-21-7-10-25(11-8-21)38-13-5-3-4-6-14-40-28(33)22-17-23(29(34)35)19-24(18-22)30(36)37/h7-12,17-19H,1,3-6,13-16H2,2H3/b12-9+. The Morgan fingerprint density at radius 1 is 0.805 bits per heavy atom. The van der Waals surface area contributed by atoms with Crippen molar-refractivity contribution in [2.75, 3.05) is 26.4 Å². The molecule has 2 aromatic rings. The monoisotopic (exact) mass is 570 g/mol. The maximum atomic E-state index is 12.1. The van der Waals surface area contributed by atoms with Crippen LogP contribution in [-0.4, -0.2) is 54.2 Å². The molecular formula is C28H30N2O11. The van der Waals surface area contributed by atoms with Gasteiger partial charge in [-0.1, -0.05) is 18.7 Å². The Morgan fingerprint density at radius 2 is 1.39 bits per heavy atom. The molecule has 13 nitrogen and oxygen atoms in total. The fourth-order valence-electron chi connectivity index (χ4n) is 3.21. The van der Waals surface area contributed by atoms with Gasteiger partial charge in [-0.25, -0.2) is 14.4 Å². The zero-order valence-corrected chi connectivity index (χ0v) is 22.4. The summed E-state index contributed by atoms with van der Waals surface area (Å²) in [5.74, 6) is -1.32. The number of ether oxygens (including phenoxy) is 4. The number of non-ortho nitro benzene ring substituents is 2. The van der Waals surface area contributed by atoms with Gasteiger partial charge in [0.25, 0.3) is 11.4 Å². The molecule has 0 bridgehead atoms. The van der Waals surface area contributed by atoms with Gasteiger partial charge in [-0.05, 0) is 56.4 Å². The molecule has 0 saturated carbocycles. The molecule has 0 aliphatic carbocycles. The number of hydrogen-bond donors (Lipinski definition) is 0. The van der Waals surface area contributed by atoms with E-state index in [1.807, 2.05) is 0 Å². The molecule has 0 saturated heterocycles. The van der Waals surface area contributed by atoms with E-state index in [1.165, 1.54) is 13.0 Å². The van der Waals surface area contributed by atoms with Crippen molar-refractivity contribution in [3.8, 4) is 5.75 Å². The number of esters is 3. The Morgan fingerprint density at radius 3 is 1.98 bits per heavy atom. The van der Waals surface area contributed by atoms with Crippen molar-refractivity contribution in [2.24, 2.45) is 0 Å². The van der Waals surface area contributed by atoms with Crippen LogP contribution in [0.3, 0.4) is 0 Å². The molecule has 0 heterocycles. The van der Waals surface area contributed by atoms with Crippen LogP contribution < -0.4 is 4.74 Å². The average molecular weight is 571 g/mol. The summed E-state index contributed by atoms with van der Waals surface area (Å²) in [6.45, 7) is 5.40. The minimum absolute atomic E-state index is 0.0536. The van der Waals surface area contributed by atoms with Crippen LogP contribution in [0.15, 0.2) is 60.7 Å². The van der Waals surface area contributed by atoms with E-state index in [1.54, 1.807) is 30.3 Å². The number of unbranched alkanes of at least 4 members (excludes halogenated alkanes) is 3. The third kappa shape index (κ3) is 12.1. The zero-order valence-electron chi connectivity index (χ0n) is 22.4. The van der Waals surface area contributed by atoms with Crippen molar-refractivity contribution in [3.05, 3.63) is 92.0 Å². The lowest BCUT2D eigenvalue weighted by Gasteiger charge is -2.07. The van der Waals surface area contributed by atoms with Crippen LogP contribution in [0.25, 0.3) is 6.08 Å².